The summed E-state index contributed by atoms with van der Waals surface area (Å²) in [6, 6.07) is 14.1. The lowest BCUT2D eigenvalue weighted by Crippen LogP contribution is -2.26. The highest BCUT2D eigenvalue weighted by atomic mass is 16.1. The van der Waals surface area contributed by atoms with E-state index in [2.05, 4.69) is 37.3 Å². The molecule has 0 atom stereocenters. The van der Waals surface area contributed by atoms with Gasteiger partial charge in [0.2, 0.25) is 0 Å². The van der Waals surface area contributed by atoms with Gasteiger partial charge in [-0.25, -0.2) is 15.0 Å². The Morgan fingerprint density at radius 3 is 2.69 bits per heavy atom. The van der Waals surface area contributed by atoms with Gasteiger partial charge in [-0.05, 0) is 18.6 Å². The number of aryl methyl sites for hydroxylation is 1. The van der Waals surface area contributed by atoms with Gasteiger partial charge in [-0.15, -0.1) is 0 Å². The molecule has 0 aliphatic carbocycles. The Labute approximate surface area is 153 Å². The summed E-state index contributed by atoms with van der Waals surface area (Å²) >= 11 is 0. The molecule has 26 heavy (non-hydrogen) atoms. The largest absolute Gasteiger partial charge is 0.355 e. The lowest BCUT2D eigenvalue weighted by molar-refractivity contribution is 0.0949. The average molecular weight is 347 g/mol. The van der Waals surface area contributed by atoms with Crippen LogP contribution in [0.15, 0.2) is 61.2 Å². The molecule has 1 amide bonds. The fraction of sp³-hybridized carbons (Fsp3) is 0.200. The van der Waals surface area contributed by atoms with E-state index in [0.29, 0.717) is 17.8 Å². The number of hydrogen-bond acceptors (Lipinski definition) is 5. The first kappa shape index (κ1) is 17.5. The number of aromatic nitrogens is 3. The van der Waals surface area contributed by atoms with Crippen LogP contribution in [-0.4, -0.2) is 27.9 Å². The molecule has 0 saturated carbocycles. The van der Waals surface area contributed by atoms with Crippen LogP contribution in [0.2, 0.25) is 0 Å². The van der Waals surface area contributed by atoms with E-state index in [1.54, 1.807) is 13.1 Å². The number of nitrogens with one attached hydrogen (secondary N) is 1. The minimum absolute atomic E-state index is 0.191. The maximum Gasteiger partial charge on any atom is 0.254 e. The minimum Gasteiger partial charge on any atom is -0.355 e. The van der Waals surface area contributed by atoms with E-state index >= 15 is 0 Å². The molecule has 0 bridgehead atoms. The van der Waals surface area contributed by atoms with Crippen molar-refractivity contribution in [3.63, 3.8) is 0 Å². The van der Waals surface area contributed by atoms with Gasteiger partial charge < -0.3 is 10.2 Å². The number of benzene rings is 1. The van der Waals surface area contributed by atoms with Crippen LogP contribution in [0.4, 0.5) is 5.82 Å². The third-order valence-electron chi connectivity index (χ3n) is 4.09. The van der Waals surface area contributed by atoms with Crippen molar-refractivity contribution in [2.24, 2.45) is 0 Å². The first-order valence-corrected chi connectivity index (χ1v) is 8.39. The average Bonchev–Trinajstić information content (AvgIpc) is 2.67. The Kier molecular flexibility index (Phi) is 5.53. The third kappa shape index (κ3) is 4.22. The first-order chi connectivity index (χ1) is 12.6. The number of hydrogen-bond donors (Lipinski definition) is 1. The minimum atomic E-state index is -0.191. The van der Waals surface area contributed by atoms with Crippen LogP contribution in [0.1, 0.15) is 27.2 Å². The Morgan fingerprint density at radius 2 is 1.92 bits per heavy atom. The number of carbonyl (C=O) groups excluding carboxylic acids is 1. The molecule has 2 heterocycles. The van der Waals surface area contributed by atoms with Crippen molar-refractivity contribution in [2.75, 3.05) is 11.9 Å². The van der Waals surface area contributed by atoms with Crippen LogP contribution in [0.3, 0.4) is 0 Å². The van der Waals surface area contributed by atoms with Crippen molar-refractivity contribution in [3.05, 3.63) is 83.6 Å². The van der Waals surface area contributed by atoms with Crippen molar-refractivity contribution in [3.8, 4) is 0 Å². The maximum atomic E-state index is 12.4. The Hall–Kier alpha value is -3.28. The quantitative estimate of drug-likeness (QED) is 0.742. The van der Waals surface area contributed by atoms with Crippen LogP contribution in [-0.2, 0) is 13.1 Å². The zero-order valence-electron chi connectivity index (χ0n) is 14.9. The van der Waals surface area contributed by atoms with E-state index in [4.69, 9.17) is 0 Å². The lowest BCUT2D eigenvalue weighted by atomic mass is 10.2. The smallest absolute Gasteiger partial charge is 0.254 e. The van der Waals surface area contributed by atoms with E-state index < -0.39 is 0 Å². The number of carbonyl (C=O) groups is 1. The van der Waals surface area contributed by atoms with Gasteiger partial charge in [0.25, 0.3) is 5.91 Å². The number of rotatable bonds is 6. The van der Waals surface area contributed by atoms with Gasteiger partial charge in [0.05, 0.1) is 11.3 Å². The van der Waals surface area contributed by atoms with Gasteiger partial charge in [-0.2, -0.15) is 0 Å². The normalized spacial score (nSPS) is 10.4. The molecule has 0 spiro atoms. The van der Waals surface area contributed by atoms with Crippen LogP contribution in [0.25, 0.3) is 0 Å². The zero-order valence-corrected chi connectivity index (χ0v) is 14.9. The molecule has 132 valence electrons. The molecular formula is C20H21N5O. The Bertz CT molecular complexity index is 882. The van der Waals surface area contributed by atoms with Gasteiger partial charge in [-0.3, -0.25) is 4.79 Å². The first-order valence-electron chi connectivity index (χ1n) is 8.39. The number of pyridine rings is 1. The molecule has 3 rings (SSSR count). The number of nitrogens with zero attached hydrogens (tertiary/aromatic N) is 4. The third-order valence-corrected chi connectivity index (χ3v) is 4.09. The second-order valence-electron chi connectivity index (χ2n) is 6.03. The molecule has 3 aromatic rings. The number of amides is 1. The molecule has 0 saturated heterocycles. The van der Waals surface area contributed by atoms with Gasteiger partial charge in [0, 0.05) is 38.1 Å². The maximum absolute atomic E-state index is 12.4. The summed E-state index contributed by atoms with van der Waals surface area (Å²) in [5, 5.41) is 2.93. The second-order valence-corrected chi connectivity index (χ2v) is 6.03. The topological polar surface area (TPSA) is 71.0 Å². The molecule has 0 radical (unpaired) electrons. The van der Waals surface area contributed by atoms with Crippen molar-refractivity contribution < 1.29 is 4.79 Å². The molecule has 0 aliphatic rings. The van der Waals surface area contributed by atoms with E-state index in [1.807, 2.05) is 37.4 Å². The van der Waals surface area contributed by atoms with Gasteiger partial charge in [0.1, 0.15) is 12.1 Å². The van der Waals surface area contributed by atoms with Gasteiger partial charge in [0.15, 0.2) is 0 Å². The van der Waals surface area contributed by atoms with E-state index in [-0.39, 0.29) is 5.91 Å². The fourth-order valence-electron chi connectivity index (χ4n) is 2.73. The Morgan fingerprint density at radius 1 is 1.12 bits per heavy atom. The highest BCUT2D eigenvalue weighted by Crippen LogP contribution is 2.18. The summed E-state index contributed by atoms with van der Waals surface area (Å²) in [5.41, 5.74) is 3.29. The molecule has 1 N–H and O–H groups in total. The molecule has 6 nitrogen and oxygen atoms in total. The summed E-state index contributed by atoms with van der Waals surface area (Å²) in [6.07, 6.45) is 4.73. The molecule has 0 fully saturated rings. The molecule has 0 unspecified atom stereocenters. The van der Waals surface area contributed by atoms with E-state index in [0.717, 1.165) is 17.9 Å². The second kappa shape index (κ2) is 8.20. The van der Waals surface area contributed by atoms with Crippen molar-refractivity contribution in [2.45, 2.75) is 20.0 Å². The van der Waals surface area contributed by atoms with Crippen molar-refractivity contribution in [1.82, 2.24) is 20.3 Å². The summed E-state index contributed by atoms with van der Waals surface area (Å²) in [5.74, 6) is 0.654. The van der Waals surface area contributed by atoms with Crippen LogP contribution in [0.5, 0.6) is 0 Å². The SMILES string of the molecule is Cc1ncncc1C(=O)NCc1cccnc1N(C)Cc1ccccc1. The van der Waals surface area contributed by atoms with Gasteiger partial charge >= 0.3 is 0 Å². The summed E-state index contributed by atoms with van der Waals surface area (Å²) < 4.78 is 0. The highest BCUT2D eigenvalue weighted by molar-refractivity contribution is 5.94. The van der Waals surface area contributed by atoms with Crippen molar-refractivity contribution in [1.29, 1.82) is 0 Å². The standard InChI is InChI=1S/C20H21N5O/c1-15-18(12-21-14-24-15)20(26)23-11-17-9-6-10-22-19(17)25(2)13-16-7-4-3-5-8-16/h3-10,12,14H,11,13H2,1-2H3,(H,23,26). The monoisotopic (exact) mass is 347 g/mol. The van der Waals surface area contributed by atoms with Crippen LogP contribution < -0.4 is 10.2 Å². The molecular weight excluding hydrogens is 326 g/mol. The van der Waals surface area contributed by atoms with E-state index in [9.17, 15) is 4.79 Å². The predicted molar refractivity (Wildman–Crippen MR) is 101 cm³/mol. The fourth-order valence-corrected chi connectivity index (χ4v) is 2.73. The predicted octanol–water partition coefficient (Wildman–Crippen LogP) is 2.75. The van der Waals surface area contributed by atoms with Gasteiger partial charge in [-0.1, -0.05) is 36.4 Å². The summed E-state index contributed by atoms with van der Waals surface area (Å²) in [6.45, 7) is 2.92. The highest BCUT2D eigenvalue weighted by Gasteiger charge is 2.13. The van der Waals surface area contributed by atoms with Crippen LogP contribution >= 0.6 is 0 Å². The van der Waals surface area contributed by atoms with Crippen molar-refractivity contribution >= 4 is 11.7 Å². The zero-order chi connectivity index (χ0) is 18.4. The molecule has 0 aliphatic heterocycles. The van der Waals surface area contributed by atoms with E-state index in [1.165, 1.54) is 18.1 Å². The number of anilines is 1. The molecule has 6 heteroatoms. The summed E-state index contributed by atoms with van der Waals surface area (Å²) in [4.78, 5) is 26.9. The molecule has 1 aromatic carbocycles. The molecule has 2 aromatic heterocycles. The Balaban J connectivity index is 1.71. The lowest BCUT2D eigenvalue weighted by Gasteiger charge is -2.21. The van der Waals surface area contributed by atoms with Crippen LogP contribution in [0, 0.1) is 6.92 Å². The summed E-state index contributed by atoms with van der Waals surface area (Å²) in [7, 11) is 2.00.